The van der Waals surface area contributed by atoms with Crippen molar-refractivity contribution in [3.63, 3.8) is 0 Å². The molecule has 0 amide bonds. The Labute approximate surface area is 132 Å². The Morgan fingerprint density at radius 1 is 1.25 bits per heavy atom. The summed E-state index contributed by atoms with van der Waals surface area (Å²) < 4.78 is 11.9. The second-order valence-electron chi connectivity index (χ2n) is 4.43. The number of ether oxygens (including phenoxy) is 2. The molecule has 5 heteroatoms. The lowest BCUT2D eigenvalue weighted by Crippen LogP contribution is -2.07. The van der Waals surface area contributed by atoms with E-state index in [1.807, 2.05) is 6.07 Å². The summed E-state index contributed by atoms with van der Waals surface area (Å²) in [6, 6.07) is 8.30. The van der Waals surface area contributed by atoms with Crippen LogP contribution in [-0.4, -0.2) is 20.3 Å². The Kier molecular flexibility index (Phi) is 5.88. The first kappa shape index (κ1) is 15.4. The summed E-state index contributed by atoms with van der Waals surface area (Å²) in [6.45, 7) is 3.99. The maximum absolute atomic E-state index is 5.76. The van der Waals surface area contributed by atoms with Crippen molar-refractivity contribution in [3.8, 4) is 5.75 Å². The standard InChI is InChI=1S/C15H18BrNO2S/c1-11-3-4-14(15(7-11)19-6-5-18-2)17-9-13-8-12(16)10-20-13/h3-4,7-8,10,17H,5-6,9H2,1-2H3. The molecule has 1 aromatic heterocycles. The number of nitrogens with one attached hydrogen (secondary N) is 1. The van der Waals surface area contributed by atoms with Gasteiger partial charge in [0.2, 0.25) is 0 Å². The molecule has 1 heterocycles. The van der Waals surface area contributed by atoms with Crippen molar-refractivity contribution in [2.75, 3.05) is 25.6 Å². The number of methoxy groups -OCH3 is 1. The molecule has 3 nitrogen and oxygen atoms in total. The van der Waals surface area contributed by atoms with E-state index >= 15 is 0 Å². The number of benzene rings is 1. The molecule has 2 aromatic rings. The van der Waals surface area contributed by atoms with Crippen molar-refractivity contribution in [2.45, 2.75) is 13.5 Å². The van der Waals surface area contributed by atoms with Crippen molar-refractivity contribution in [1.82, 2.24) is 0 Å². The van der Waals surface area contributed by atoms with Crippen LogP contribution in [0.25, 0.3) is 0 Å². The predicted octanol–water partition coefficient (Wildman–Crippen LogP) is 4.46. The van der Waals surface area contributed by atoms with Crippen LogP contribution >= 0.6 is 27.3 Å². The fourth-order valence-electron chi connectivity index (χ4n) is 1.76. The lowest BCUT2D eigenvalue weighted by molar-refractivity contribution is 0.146. The molecule has 0 aliphatic heterocycles. The molecule has 2 rings (SSSR count). The second-order valence-corrected chi connectivity index (χ2v) is 6.34. The number of anilines is 1. The van der Waals surface area contributed by atoms with E-state index in [-0.39, 0.29) is 0 Å². The fraction of sp³-hybridized carbons (Fsp3) is 0.333. The molecule has 0 aliphatic rings. The van der Waals surface area contributed by atoms with Crippen molar-refractivity contribution >= 4 is 33.0 Å². The smallest absolute Gasteiger partial charge is 0.142 e. The van der Waals surface area contributed by atoms with E-state index in [1.165, 1.54) is 10.4 Å². The molecular weight excluding hydrogens is 338 g/mol. The third-order valence-corrected chi connectivity index (χ3v) is 4.45. The summed E-state index contributed by atoms with van der Waals surface area (Å²) in [5.74, 6) is 0.873. The van der Waals surface area contributed by atoms with Gasteiger partial charge in [0.05, 0.1) is 12.3 Å². The third kappa shape index (κ3) is 4.51. The van der Waals surface area contributed by atoms with Crippen molar-refractivity contribution in [1.29, 1.82) is 0 Å². The molecule has 0 aliphatic carbocycles. The van der Waals surface area contributed by atoms with Crippen LogP contribution in [0.1, 0.15) is 10.4 Å². The normalized spacial score (nSPS) is 10.6. The zero-order valence-corrected chi connectivity index (χ0v) is 14.0. The van der Waals surface area contributed by atoms with Crippen LogP contribution in [0.3, 0.4) is 0 Å². The zero-order chi connectivity index (χ0) is 14.4. The number of thiophene rings is 1. The summed E-state index contributed by atoms with van der Waals surface area (Å²) in [5, 5.41) is 5.51. The largest absolute Gasteiger partial charge is 0.489 e. The molecule has 1 aromatic carbocycles. The molecule has 0 spiro atoms. The fourth-order valence-corrected chi connectivity index (χ4v) is 3.15. The molecule has 0 fully saturated rings. The molecule has 0 unspecified atom stereocenters. The second kappa shape index (κ2) is 7.67. The highest BCUT2D eigenvalue weighted by molar-refractivity contribution is 9.10. The topological polar surface area (TPSA) is 30.5 Å². The molecular formula is C15H18BrNO2S. The quantitative estimate of drug-likeness (QED) is 0.744. The third-order valence-electron chi connectivity index (χ3n) is 2.76. The summed E-state index contributed by atoms with van der Waals surface area (Å²) in [5.41, 5.74) is 2.19. The van der Waals surface area contributed by atoms with Crippen molar-refractivity contribution in [3.05, 3.63) is 44.6 Å². The van der Waals surface area contributed by atoms with E-state index in [2.05, 4.69) is 51.7 Å². The van der Waals surface area contributed by atoms with E-state index in [0.29, 0.717) is 13.2 Å². The van der Waals surface area contributed by atoms with Crippen molar-refractivity contribution < 1.29 is 9.47 Å². The lowest BCUT2D eigenvalue weighted by Gasteiger charge is -2.13. The van der Waals surface area contributed by atoms with Crippen LogP contribution in [0.4, 0.5) is 5.69 Å². The minimum absolute atomic E-state index is 0.555. The van der Waals surface area contributed by atoms with Gasteiger partial charge >= 0.3 is 0 Å². The van der Waals surface area contributed by atoms with Crippen LogP contribution < -0.4 is 10.1 Å². The molecule has 1 N–H and O–H groups in total. The monoisotopic (exact) mass is 355 g/mol. The minimum Gasteiger partial charge on any atom is -0.489 e. The highest BCUT2D eigenvalue weighted by Gasteiger charge is 2.05. The highest BCUT2D eigenvalue weighted by atomic mass is 79.9. The number of aryl methyl sites for hydroxylation is 1. The van der Waals surface area contributed by atoms with Gasteiger partial charge in [0.1, 0.15) is 12.4 Å². The maximum atomic E-state index is 5.76. The Morgan fingerprint density at radius 2 is 2.10 bits per heavy atom. The first-order valence-electron chi connectivity index (χ1n) is 6.38. The van der Waals surface area contributed by atoms with E-state index in [4.69, 9.17) is 9.47 Å². The Balaban J connectivity index is 2.01. The van der Waals surface area contributed by atoms with Gasteiger partial charge < -0.3 is 14.8 Å². The van der Waals surface area contributed by atoms with Gasteiger partial charge in [-0.05, 0) is 46.6 Å². The molecule has 0 atom stereocenters. The van der Waals surface area contributed by atoms with Crippen LogP contribution in [0, 0.1) is 6.92 Å². The summed E-state index contributed by atoms with van der Waals surface area (Å²) >= 11 is 5.20. The summed E-state index contributed by atoms with van der Waals surface area (Å²) in [6.07, 6.45) is 0. The van der Waals surface area contributed by atoms with Gasteiger partial charge in [-0.2, -0.15) is 0 Å². The first-order chi connectivity index (χ1) is 9.69. The van der Waals surface area contributed by atoms with E-state index in [1.54, 1.807) is 18.4 Å². The van der Waals surface area contributed by atoms with Crippen LogP contribution in [0.15, 0.2) is 34.1 Å². The van der Waals surface area contributed by atoms with Crippen LogP contribution in [0.2, 0.25) is 0 Å². The molecule has 0 radical (unpaired) electrons. The van der Waals surface area contributed by atoms with Gasteiger partial charge in [-0.1, -0.05) is 6.07 Å². The molecule has 0 saturated heterocycles. The maximum Gasteiger partial charge on any atom is 0.142 e. The minimum atomic E-state index is 0.555. The Hall–Kier alpha value is -1.04. The lowest BCUT2D eigenvalue weighted by atomic mass is 10.2. The zero-order valence-electron chi connectivity index (χ0n) is 11.6. The Morgan fingerprint density at radius 3 is 2.80 bits per heavy atom. The predicted molar refractivity (Wildman–Crippen MR) is 87.9 cm³/mol. The highest BCUT2D eigenvalue weighted by Crippen LogP contribution is 2.27. The van der Waals surface area contributed by atoms with Crippen LogP contribution in [0.5, 0.6) is 5.75 Å². The van der Waals surface area contributed by atoms with E-state index < -0.39 is 0 Å². The summed E-state index contributed by atoms with van der Waals surface area (Å²) in [7, 11) is 1.67. The van der Waals surface area contributed by atoms with Gasteiger partial charge in [0, 0.05) is 28.4 Å². The first-order valence-corrected chi connectivity index (χ1v) is 8.05. The Bertz CT molecular complexity index is 557. The average molecular weight is 356 g/mol. The van der Waals surface area contributed by atoms with Gasteiger partial charge in [-0.3, -0.25) is 0 Å². The SMILES string of the molecule is COCCOc1cc(C)ccc1NCc1cc(Br)cs1. The average Bonchev–Trinajstić information content (AvgIpc) is 2.84. The van der Waals surface area contributed by atoms with Crippen molar-refractivity contribution in [2.24, 2.45) is 0 Å². The van der Waals surface area contributed by atoms with Gasteiger partial charge in [-0.15, -0.1) is 11.3 Å². The number of hydrogen-bond donors (Lipinski definition) is 1. The van der Waals surface area contributed by atoms with Gasteiger partial charge in [0.15, 0.2) is 0 Å². The molecule has 108 valence electrons. The molecule has 0 saturated carbocycles. The summed E-state index contributed by atoms with van der Waals surface area (Å²) in [4.78, 5) is 1.28. The molecule has 20 heavy (non-hydrogen) atoms. The number of rotatable bonds is 7. The molecule has 0 bridgehead atoms. The van der Waals surface area contributed by atoms with Crippen LogP contribution in [-0.2, 0) is 11.3 Å². The van der Waals surface area contributed by atoms with E-state index in [9.17, 15) is 0 Å². The number of hydrogen-bond acceptors (Lipinski definition) is 4. The van der Waals surface area contributed by atoms with Gasteiger partial charge in [0.25, 0.3) is 0 Å². The number of halogens is 1. The van der Waals surface area contributed by atoms with E-state index in [0.717, 1.165) is 22.5 Å². The van der Waals surface area contributed by atoms with Gasteiger partial charge in [-0.25, -0.2) is 0 Å².